The van der Waals surface area contributed by atoms with Gasteiger partial charge in [-0.2, -0.15) is 5.10 Å². The number of benzene rings is 1. The molecule has 0 spiro atoms. The van der Waals surface area contributed by atoms with E-state index in [1.807, 2.05) is 58.0 Å². The van der Waals surface area contributed by atoms with Gasteiger partial charge in [0.05, 0.1) is 24.9 Å². The number of hydrogen-bond donors (Lipinski definition) is 3. The highest BCUT2D eigenvalue weighted by molar-refractivity contribution is 5.96. The van der Waals surface area contributed by atoms with Crippen molar-refractivity contribution in [2.75, 3.05) is 13.2 Å². The van der Waals surface area contributed by atoms with Crippen LogP contribution >= 0.6 is 0 Å². The third-order valence-corrected chi connectivity index (χ3v) is 8.82. The van der Waals surface area contributed by atoms with E-state index >= 15 is 0 Å². The van der Waals surface area contributed by atoms with E-state index in [4.69, 9.17) is 19.9 Å². The molecule has 4 saturated carbocycles. The number of amides is 3. The van der Waals surface area contributed by atoms with Gasteiger partial charge < -0.3 is 30.6 Å². The molecular weight excluding hydrogens is 562 g/mol. The Morgan fingerprint density at radius 3 is 2.50 bits per heavy atom. The van der Waals surface area contributed by atoms with E-state index in [0.29, 0.717) is 43.4 Å². The summed E-state index contributed by atoms with van der Waals surface area (Å²) in [4.78, 5) is 37.9. The second kappa shape index (κ2) is 13.0. The van der Waals surface area contributed by atoms with Gasteiger partial charge in [0.2, 0.25) is 11.8 Å². The zero-order chi connectivity index (χ0) is 31.5. The predicted molar refractivity (Wildman–Crippen MR) is 164 cm³/mol. The van der Waals surface area contributed by atoms with E-state index in [9.17, 15) is 14.4 Å². The molecule has 0 aliphatic heterocycles. The lowest BCUT2D eigenvalue weighted by molar-refractivity contribution is -0.137. The first-order valence-corrected chi connectivity index (χ1v) is 15.5. The summed E-state index contributed by atoms with van der Waals surface area (Å²) in [5.41, 5.74) is 5.53. The predicted octanol–water partition coefficient (Wildman–Crippen LogP) is 4.27. The zero-order valence-corrected chi connectivity index (χ0v) is 26.1. The van der Waals surface area contributed by atoms with Gasteiger partial charge in [-0.1, -0.05) is 44.2 Å². The van der Waals surface area contributed by atoms with E-state index in [0.717, 1.165) is 24.8 Å². The third-order valence-electron chi connectivity index (χ3n) is 8.82. The van der Waals surface area contributed by atoms with Crippen LogP contribution in [0.15, 0.2) is 42.6 Å². The Balaban J connectivity index is 1.23. The molecule has 4 bridgehead atoms. The Labute approximate surface area is 258 Å². The summed E-state index contributed by atoms with van der Waals surface area (Å²) in [6.45, 7) is 8.49. The smallest absolute Gasteiger partial charge is 0.405 e. The molecule has 2 unspecified atom stereocenters. The maximum Gasteiger partial charge on any atom is 0.405 e. The fourth-order valence-corrected chi connectivity index (χ4v) is 7.29. The van der Waals surface area contributed by atoms with Crippen LogP contribution < -0.4 is 21.1 Å². The van der Waals surface area contributed by atoms with Crippen LogP contribution in [0.2, 0.25) is 0 Å². The average Bonchev–Trinajstić information content (AvgIpc) is 3.35. The van der Waals surface area contributed by atoms with Crippen LogP contribution in [0.4, 0.5) is 4.79 Å². The minimum atomic E-state index is -0.723. The Kier molecular flexibility index (Phi) is 9.34. The molecule has 1 heterocycles. The number of aromatic nitrogens is 2. The molecule has 4 fully saturated rings. The first-order chi connectivity index (χ1) is 20.9. The lowest BCUT2D eigenvalue weighted by Crippen LogP contribution is -2.63. The fraction of sp³-hybridized carbons (Fsp3) is 0.576. The standard InChI is InChI=1S/C33H45N5O6/c1-21(2)18-43-30-26(29(40)36-28-24-12-23-13-25(28)16-33(14-23,15-24)44-31(34)41)17-35-38(30)11-10-32(3,4)37-27(39)20-42-19-22-8-6-5-7-9-22/h5-11,17,21,23-25,28H,12-16,18-20H2,1-4H3,(H2,34,41)(H,36,40)(H,37,39)/b11-10+. The van der Waals surface area contributed by atoms with Gasteiger partial charge in [0.1, 0.15) is 17.8 Å². The molecule has 1 aromatic carbocycles. The summed E-state index contributed by atoms with van der Waals surface area (Å²) in [5, 5.41) is 10.7. The molecule has 0 radical (unpaired) electrons. The molecule has 2 aromatic rings. The van der Waals surface area contributed by atoms with Crippen LogP contribution in [0.3, 0.4) is 0 Å². The zero-order valence-electron chi connectivity index (χ0n) is 26.1. The Hall–Kier alpha value is -3.86. The van der Waals surface area contributed by atoms with E-state index in [1.54, 1.807) is 12.3 Å². The van der Waals surface area contributed by atoms with Crippen molar-refractivity contribution in [2.45, 2.75) is 83.6 Å². The second-order valence-electron chi connectivity index (χ2n) is 13.7. The first-order valence-electron chi connectivity index (χ1n) is 15.5. The highest BCUT2D eigenvalue weighted by atomic mass is 16.6. The van der Waals surface area contributed by atoms with Crippen molar-refractivity contribution in [3.63, 3.8) is 0 Å². The van der Waals surface area contributed by atoms with Crippen molar-refractivity contribution in [2.24, 2.45) is 29.4 Å². The van der Waals surface area contributed by atoms with Crippen molar-refractivity contribution in [3.05, 3.63) is 53.7 Å². The quantitative estimate of drug-likeness (QED) is 0.308. The normalized spacial score (nSPS) is 25.8. The van der Waals surface area contributed by atoms with Gasteiger partial charge >= 0.3 is 6.09 Å². The van der Waals surface area contributed by atoms with Crippen molar-refractivity contribution in [3.8, 4) is 5.88 Å². The fourth-order valence-electron chi connectivity index (χ4n) is 7.29. The number of carbonyl (C=O) groups excluding carboxylic acids is 3. The van der Waals surface area contributed by atoms with Crippen LogP contribution in [0.1, 0.15) is 75.7 Å². The molecule has 4 N–H and O–H groups in total. The lowest BCUT2D eigenvalue weighted by atomic mass is 9.52. The van der Waals surface area contributed by atoms with Crippen LogP contribution in [-0.4, -0.2) is 58.1 Å². The third kappa shape index (κ3) is 7.61. The number of hydrogen-bond acceptors (Lipinski definition) is 7. The van der Waals surface area contributed by atoms with Crippen LogP contribution in [0.25, 0.3) is 6.20 Å². The molecule has 44 heavy (non-hydrogen) atoms. The minimum Gasteiger partial charge on any atom is -0.477 e. The van der Waals surface area contributed by atoms with Crippen LogP contribution in [0, 0.1) is 23.7 Å². The first kappa shape index (κ1) is 31.6. The van der Waals surface area contributed by atoms with Crippen molar-refractivity contribution in [1.29, 1.82) is 0 Å². The Morgan fingerprint density at radius 2 is 1.84 bits per heavy atom. The molecular formula is C33H45N5O6. The van der Waals surface area contributed by atoms with Crippen molar-refractivity contribution < 1.29 is 28.6 Å². The molecule has 238 valence electrons. The molecule has 11 heteroatoms. The molecule has 1 aromatic heterocycles. The van der Waals surface area contributed by atoms with Crippen molar-refractivity contribution in [1.82, 2.24) is 20.4 Å². The van der Waals surface area contributed by atoms with Gasteiger partial charge in [-0.25, -0.2) is 9.48 Å². The molecule has 4 aliphatic rings. The largest absolute Gasteiger partial charge is 0.477 e. The second-order valence-corrected chi connectivity index (χ2v) is 13.7. The number of primary amides is 1. The topological polar surface area (TPSA) is 147 Å². The molecule has 6 rings (SSSR count). The SMILES string of the molecule is CC(C)COc1c(C(=O)NC2C3CC4CC2CC(OC(N)=O)(C4)C3)cnn1/C=C/C(C)(C)NC(=O)COCc1ccccc1. The molecule has 3 amide bonds. The van der Waals surface area contributed by atoms with Gasteiger partial charge in [0.15, 0.2) is 0 Å². The summed E-state index contributed by atoms with van der Waals surface area (Å²) in [7, 11) is 0. The average molecular weight is 608 g/mol. The van der Waals surface area contributed by atoms with Gasteiger partial charge in [0, 0.05) is 12.2 Å². The van der Waals surface area contributed by atoms with Gasteiger partial charge in [-0.3, -0.25) is 9.59 Å². The molecule has 11 nitrogen and oxygen atoms in total. The highest BCUT2D eigenvalue weighted by Crippen LogP contribution is 2.57. The number of carbonyl (C=O) groups is 3. The Morgan fingerprint density at radius 1 is 1.14 bits per heavy atom. The van der Waals surface area contributed by atoms with E-state index in [1.165, 1.54) is 10.9 Å². The summed E-state index contributed by atoms with van der Waals surface area (Å²) < 4.78 is 18.8. The maximum atomic E-state index is 13.7. The number of nitrogens with two attached hydrogens (primary N) is 1. The summed E-state index contributed by atoms with van der Waals surface area (Å²) in [6.07, 6.45) is 8.58. The van der Waals surface area contributed by atoms with E-state index < -0.39 is 17.2 Å². The molecule has 2 atom stereocenters. The minimum absolute atomic E-state index is 0.0150. The highest BCUT2D eigenvalue weighted by Gasteiger charge is 2.57. The monoisotopic (exact) mass is 607 g/mol. The van der Waals surface area contributed by atoms with E-state index in [2.05, 4.69) is 15.7 Å². The summed E-state index contributed by atoms with van der Waals surface area (Å²) in [5.74, 6) is 1.02. The van der Waals surface area contributed by atoms with Gasteiger partial charge in [0.25, 0.3) is 5.91 Å². The van der Waals surface area contributed by atoms with Crippen LogP contribution in [0.5, 0.6) is 5.88 Å². The van der Waals surface area contributed by atoms with Gasteiger partial charge in [-0.05, 0) is 81.3 Å². The van der Waals surface area contributed by atoms with Crippen molar-refractivity contribution >= 4 is 24.1 Å². The number of nitrogens with one attached hydrogen (secondary N) is 2. The maximum absolute atomic E-state index is 13.7. The van der Waals surface area contributed by atoms with Crippen LogP contribution in [-0.2, 0) is 20.9 Å². The van der Waals surface area contributed by atoms with E-state index in [-0.39, 0.29) is 42.2 Å². The number of rotatable bonds is 13. The number of nitrogens with zero attached hydrogens (tertiary/aromatic N) is 2. The molecule has 0 saturated heterocycles. The summed E-state index contributed by atoms with van der Waals surface area (Å²) in [6, 6.07) is 9.67. The Bertz CT molecular complexity index is 1350. The lowest BCUT2D eigenvalue weighted by Gasteiger charge is -2.58. The van der Waals surface area contributed by atoms with Gasteiger partial charge in [-0.15, -0.1) is 0 Å². The summed E-state index contributed by atoms with van der Waals surface area (Å²) >= 11 is 0. The molecule has 4 aliphatic carbocycles. The number of ether oxygens (including phenoxy) is 3.